The van der Waals surface area contributed by atoms with Crippen LogP contribution in [-0.2, 0) is 4.79 Å². The summed E-state index contributed by atoms with van der Waals surface area (Å²) in [5.74, 6) is -0.0328. The van der Waals surface area contributed by atoms with Crippen LogP contribution in [0.25, 0.3) is 10.9 Å². The first-order valence-electron chi connectivity index (χ1n) is 7.91. The lowest BCUT2D eigenvalue weighted by molar-refractivity contribution is -0.120. The summed E-state index contributed by atoms with van der Waals surface area (Å²) in [5.41, 5.74) is 0.604. The quantitative estimate of drug-likeness (QED) is 0.652. The van der Waals surface area contributed by atoms with Crippen molar-refractivity contribution in [3.05, 3.63) is 34.6 Å². The lowest BCUT2D eigenvalue weighted by atomic mass is 10.2. The second-order valence-electron chi connectivity index (χ2n) is 5.73. The van der Waals surface area contributed by atoms with Crippen LogP contribution in [0.4, 0.5) is 0 Å². The number of hydrogen-bond donors (Lipinski definition) is 1. The second-order valence-corrected chi connectivity index (χ2v) is 7.04. The van der Waals surface area contributed by atoms with Crippen LogP contribution in [0, 0.1) is 0 Å². The van der Waals surface area contributed by atoms with Gasteiger partial charge in [-0.05, 0) is 39.3 Å². The summed E-state index contributed by atoms with van der Waals surface area (Å²) in [6.45, 7) is 8.40. The minimum Gasteiger partial charge on any atom is -0.355 e. The minimum absolute atomic E-state index is 0.0204. The van der Waals surface area contributed by atoms with E-state index in [1.54, 1.807) is 10.6 Å². The van der Waals surface area contributed by atoms with E-state index in [0.29, 0.717) is 22.6 Å². The van der Waals surface area contributed by atoms with Crippen molar-refractivity contribution in [1.82, 2.24) is 14.9 Å². The van der Waals surface area contributed by atoms with Gasteiger partial charge < -0.3 is 5.32 Å². The maximum absolute atomic E-state index is 12.7. The lowest BCUT2D eigenvalue weighted by Gasteiger charge is -2.18. The smallest absolute Gasteiger partial charge is 0.262 e. The zero-order chi connectivity index (χ0) is 17.0. The number of fused-ring (bicyclic) bond motifs is 1. The first kappa shape index (κ1) is 17.5. The second kappa shape index (κ2) is 7.64. The van der Waals surface area contributed by atoms with Gasteiger partial charge in [0.15, 0.2) is 5.16 Å². The van der Waals surface area contributed by atoms with Gasteiger partial charge in [0.1, 0.15) is 0 Å². The molecule has 0 aliphatic carbocycles. The third kappa shape index (κ3) is 3.93. The summed E-state index contributed by atoms with van der Waals surface area (Å²) in [6.07, 6.45) is 0.897. The van der Waals surface area contributed by atoms with Crippen molar-refractivity contribution in [3.8, 4) is 0 Å². The molecule has 2 rings (SSSR count). The number of para-hydroxylation sites is 1. The standard InChI is InChI=1S/C17H23N3O2S/c1-5-10-18-15(21)12(4)23-17-19-14-9-7-6-8-13(14)16(22)20(17)11(2)3/h6-9,11-12H,5,10H2,1-4H3,(H,18,21). The van der Waals surface area contributed by atoms with Gasteiger partial charge in [-0.15, -0.1) is 0 Å². The number of nitrogens with one attached hydrogen (secondary N) is 1. The van der Waals surface area contributed by atoms with Crippen molar-refractivity contribution in [2.24, 2.45) is 0 Å². The average molecular weight is 333 g/mol. The molecular formula is C17H23N3O2S. The summed E-state index contributed by atoms with van der Waals surface area (Å²) < 4.78 is 1.66. The molecule has 1 heterocycles. The SMILES string of the molecule is CCCNC(=O)C(C)Sc1nc2ccccc2c(=O)n1C(C)C. The number of hydrogen-bond acceptors (Lipinski definition) is 4. The summed E-state index contributed by atoms with van der Waals surface area (Å²) in [4.78, 5) is 29.4. The van der Waals surface area contributed by atoms with Gasteiger partial charge >= 0.3 is 0 Å². The van der Waals surface area contributed by atoms with E-state index in [0.717, 1.165) is 6.42 Å². The molecule has 1 N–H and O–H groups in total. The van der Waals surface area contributed by atoms with E-state index in [1.807, 2.05) is 45.9 Å². The molecule has 1 aromatic carbocycles. The first-order valence-corrected chi connectivity index (χ1v) is 8.79. The van der Waals surface area contributed by atoms with Crippen LogP contribution in [0.15, 0.2) is 34.2 Å². The number of thioether (sulfide) groups is 1. The van der Waals surface area contributed by atoms with E-state index < -0.39 is 0 Å². The van der Waals surface area contributed by atoms with Gasteiger partial charge in [-0.2, -0.15) is 0 Å². The van der Waals surface area contributed by atoms with Gasteiger partial charge in [0.25, 0.3) is 5.56 Å². The fourth-order valence-electron chi connectivity index (χ4n) is 2.27. The van der Waals surface area contributed by atoms with E-state index in [-0.39, 0.29) is 22.8 Å². The number of rotatable bonds is 6. The molecule has 1 aromatic heterocycles. The van der Waals surface area contributed by atoms with Crippen molar-refractivity contribution in [2.75, 3.05) is 6.54 Å². The van der Waals surface area contributed by atoms with Gasteiger partial charge in [-0.3, -0.25) is 14.2 Å². The highest BCUT2D eigenvalue weighted by Crippen LogP contribution is 2.24. The Hall–Kier alpha value is -1.82. The first-order chi connectivity index (χ1) is 11.0. The predicted octanol–water partition coefficient (Wildman–Crippen LogP) is 2.98. The molecule has 5 nitrogen and oxygen atoms in total. The largest absolute Gasteiger partial charge is 0.355 e. The molecule has 1 atom stereocenters. The van der Waals surface area contributed by atoms with Crippen LogP contribution >= 0.6 is 11.8 Å². The van der Waals surface area contributed by atoms with Crippen LogP contribution in [0.2, 0.25) is 0 Å². The van der Waals surface area contributed by atoms with Gasteiger partial charge in [-0.25, -0.2) is 4.98 Å². The Bertz CT molecular complexity index is 755. The summed E-state index contributed by atoms with van der Waals surface area (Å²) in [7, 11) is 0. The maximum Gasteiger partial charge on any atom is 0.262 e. The van der Waals surface area contributed by atoms with Crippen LogP contribution in [0.1, 0.15) is 40.2 Å². The molecule has 0 fully saturated rings. The molecule has 23 heavy (non-hydrogen) atoms. The molecule has 0 aliphatic heterocycles. The molecule has 0 aliphatic rings. The number of benzene rings is 1. The summed E-state index contributed by atoms with van der Waals surface area (Å²) in [6, 6.07) is 7.29. The molecule has 0 saturated carbocycles. The van der Waals surface area contributed by atoms with Gasteiger partial charge in [0, 0.05) is 12.6 Å². The Morgan fingerprint density at radius 3 is 2.65 bits per heavy atom. The van der Waals surface area contributed by atoms with Crippen molar-refractivity contribution >= 4 is 28.6 Å². The number of aromatic nitrogens is 2. The molecule has 0 spiro atoms. The van der Waals surface area contributed by atoms with E-state index in [4.69, 9.17) is 0 Å². The van der Waals surface area contributed by atoms with Crippen molar-refractivity contribution in [1.29, 1.82) is 0 Å². The topological polar surface area (TPSA) is 64.0 Å². The number of carbonyl (C=O) groups is 1. The summed E-state index contributed by atoms with van der Waals surface area (Å²) in [5, 5.41) is 3.76. The Balaban J connectivity index is 2.41. The minimum atomic E-state index is -0.306. The normalized spacial score (nSPS) is 12.6. The third-order valence-electron chi connectivity index (χ3n) is 3.49. The Labute approximate surface area is 140 Å². The molecule has 124 valence electrons. The Morgan fingerprint density at radius 2 is 2.00 bits per heavy atom. The summed E-state index contributed by atoms with van der Waals surface area (Å²) >= 11 is 1.33. The van der Waals surface area contributed by atoms with Crippen LogP contribution in [-0.4, -0.2) is 27.3 Å². The highest BCUT2D eigenvalue weighted by atomic mass is 32.2. The molecule has 1 unspecified atom stereocenters. The lowest BCUT2D eigenvalue weighted by Crippen LogP contribution is -2.32. The molecule has 6 heteroatoms. The monoisotopic (exact) mass is 333 g/mol. The predicted molar refractivity (Wildman–Crippen MR) is 95.0 cm³/mol. The molecule has 0 radical (unpaired) electrons. The van der Waals surface area contributed by atoms with Crippen molar-refractivity contribution in [3.63, 3.8) is 0 Å². The Kier molecular flexibility index (Phi) is 5.82. The number of carbonyl (C=O) groups excluding carboxylic acids is 1. The number of amides is 1. The fraction of sp³-hybridized carbons (Fsp3) is 0.471. The van der Waals surface area contributed by atoms with E-state index >= 15 is 0 Å². The maximum atomic E-state index is 12.7. The van der Waals surface area contributed by atoms with E-state index in [2.05, 4.69) is 10.3 Å². The van der Waals surface area contributed by atoms with E-state index in [1.165, 1.54) is 11.8 Å². The number of nitrogens with zero attached hydrogens (tertiary/aromatic N) is 2. The van der Waals surface area contributed by atoms with Gasteiger partial charge in [0.05, 0.1) is 16.2 Å². The molecular weight excluding hydrogens is 310 g/mol. The van der Waals surface area contributed by atoms with Crippen LogP contribution < -0.4 is 10.9 Å². The molecule has 1 amide bonds. The molecule has 0 saturated heterocycles. The third-order valence-corrected chi connectivity index (χ3v) is 4.56. The zero-order valence-corrected chi connectivity index (χ0v) is 14.8. The van der Waals surface area contributed by atoms with Crippen LogP contribution in [0.5, 0.6) is 0 Å². The highest BCUT2D eigenvalue weighted by Gasteiger charge is 2.20. The Morgan fingerprint density at radius 1 is 1.30 bits per heavy atom. The van der Waals surface area contributed by atoms with Crippen molar-refractivity contribution in [2.45, 2.75) is 50.6 Å². The van der Waals surface area contributed by atoms with Crippen molar-refractivity contribution < 1.29 is 4.79 Å². The van der Waals surface area contributed by atoms with Gasteiger partial charge in [0.2, 0.25) is 5.91 Å². The van der Waals surface area contributed by atoms with Crippen LogP contribution in [0.3, 0.4) is 0 Å². The highest BCUT2D eigenvalue weighted by molar-refractivity contribution is 8.00. The molecule has 0 bridgehead atoms. The fourth-order valence-corrected chi connectivity index (χ4v) is 3.33. The molecule has 2 aromatic rings. The van der Waals surface area contributed by atoms with E-state index in [9.17, 15) is 9.59 Å². The average Bonchev–Trinajstić information content (AvgIpc) is 2.52. The van der Waals surface area contributed by atoms with Gasteiger partial charge in [-0.1, -0.05) is 30.8 Å². The zero-order valence-electron chi connectivity index (χ0n) is 14.0.